The number of hydrogen-bond acceptors (Lipinski definition) is 3. The number of aryl methyl sites for hydroxylation is 1. The van der Waals surface area contributed by atoms with Crippen LogP contribution in [0.2, 0.25) is 5.02 Å². The summed E-state index contributed by atoms with van der Waals surface area (Å²) >= 11 is 6.00. The molecule has 1 aliphatic heterocycles. The molecule has 0 bridgehead atoms. The van der Waals surface area contributed by atoms with Crippen LogP contribution in [0.4, 0.5) is 0 Å². The molecule has 0 amide bonds. The van der Waals surface area contributed by atoms with Crippen LogP contribution < -0.4 is 0 Å². The molecule has 124 valence electrons. The van der Waals surface area contributed by atoms with Gasteiger partial charge < -0.3 is 0 Å². The first-order valence-electron chi connectivity index (χ1n) is 8.21. The number of nitrogens with one attached hydrogen (secondary N) is 1. The lowest BCUT2D eigenvalue weighted by Crippen LogP contribution is -2.32. The van der Waals surface area contributed by atoms with Crippen LogP contribution >= 0.6 is 11.6 Å². The molecule has 3 aromatic rings. The zero-order valence-corrected chi connectivity index (χ0v) is 14.4. The van der Waals surface area contributed by atoms with Crippen LogP contribution in [0.15, 0.2) is 36.7 Å². The summed E-state index contributed by atoms with van der Waals surface area (Å²) < 4.78 is 1.86. The monoisotopic (exact) mass is 341 g/mol. The first kappa shape index (κ1) is 15.4. The van der Waals surface area contributed by atoms with Gasteiger partial charge in [-0.25, -0.2) is 0 Å². The number of H-pyrrole nitrogens is 1. The summed E-state index contributed by atoms with van der Waals surface area (Å²) in [5.41, 5.74) is 6.03. The van der Waals surface area contributed by atoms with Gasteiger partial charge in [-0.1, -0.05) is 23.7 Å². The van der Waals surface area contributed by atoms with E-state index in [0.29, 0.717) is 0 Å². The first-order chi connectivity index (χ1) is 11.7. The average molecular weight is 342 g/mol. The normalized spacial score (nSPS) is 14.8. The molecule has 5 nitrogen and oxygen atoms in total. The van der Waals surface area contributed by atoms with E-state index in [1.165, 1.54) is 16.8 Å². The molecule has 0 aliphatic carbocycles. The van der Waals surface area contributed by atoms with Crippen molar-refractivity contribution in [3.63, 3.8) is 0 Å². The van der Waals surface area contributed by atoms with Crippen LogP contribution in [0.1, 0.15) is 16.8 Å². The maximum atomic E-state index is 6.00. The molecule has 0 spiro atoms. The Morgan fingerprint density at radius 3 is 2.83 bits per heavy atom. The molecule has 0 atom stereocenters. The number of aromatic amines is 1. The number of fused-ring (bicyclic) bond motifs is 1. The number of nitrogens with zero attached hydrogens (tertiary/aromatic N) is 4. The van der Waals surface area contributed by atoms with Gasteiger partial charge in [-0.05, 0) is 24.1 Å². The Hall–Kier alpha value is -2.11. The SMILES string of the molecule is Cn1cc(CCN2CCc3[nH]nc(-c4ccc(Cl)cc4)c3C2)cn1. The van der Waals surface area contributed by atoms with Crippen LogP contribution in [-0.4, -0.2) is 38.0 Å². The van der Waals surface area contributed by atoms with Gasteiger partial charge in [0.25, 0.3) is 0 Å². The Bertz CT molecular complexity index is 833. The van der Waals surface area contributed by atoms with E-state index < -0.39 is 0 Å². The second kappa shape index (κ2) is 6.42. The second-order valence-electron chi connectivity index (χ2n) is 6.33. The maximum Gasteiger partial charge on any atom is 0.0968 e. The Balaban J connectivity index is 1.49. The molecule has 1 aliphatic rings. The van der Waals surface area contributed by atoms with E-state index in [9.17, 15) is 0 Å². The predicted molar refractivity (Wildman–Crippen MR) is 94.9 cm³/mol. The van der Waals surface area contributed by atoms with Crippen molar-refractivity contribution in [3.05, 3.63) is 58.5 Å². The zero-order chi connectivity index (χ0) is 16.5. The lowest BCUT2D eigenvalue weighted by Gasteiger charge is -2.26. The van der Waals surface area contributed by atoms with Gasteiger partial charge in [-0.2, -0.15) is 10.2 Å². The Morgan fingerprint density at radius 1 is 1.25 bits per heavy atom. The Morgan fingerprint density at radius 2 is 2.08 bits per heavy atom. The molecule has 0 fully saturated rings. The van der Waals surface area contributed by atoms with E-state index in [2.05, 4.69) is 26.4 Å². The minimum absolute atomic E-state index is 0.751. The van der Waals surface area contributed by atoms with Crippen molar-refractivity contribution in [2.45, 2.75) is 19.4 Å². The summed E-state index contributed by atoms with van der Waals surface area (Å²) in [6.07, 6.45) is 6.08. The molecular formula is C18H20ClN5. The highest BCUT2D eigenvalue weighted by Crippen LogP contribution is 2.29. The predicted octanol–water partition coefficient (Wildman–Crippen LogP) is 3.06. The van der Waals surface area contributed by atoms with E-state index in [1.54, 1.807) is 0 Å². The van der Waals surface area contributed by atoms with Crippen molar-refractivity contribution in [3.8, 4) is 11.3 Å². The number of benzene rings is 1. The van der Waals surface area contributed by atoms with Crippen LogP contribution in [0, 0.1) is 0 Å². The average Bonchev–Trinajstić information content (AvgIpc) is 3.19. The summed E-state index contributed by atoms with van der Waals surface area (Å²) in [7, 11) is 1.96. The van der Waals surface area contributed by atoms with Crippen molar-refractivity contribution >= 4 is 11.6 Å². The van der Waals surface area contributed by atoms with E-state index in [1.807, 2.05) is 42.2 Å². The first-order valence-corrected chi connectivity index (χ1v) is 8.59. The summed E-state index contributed by atoms with van der Waals surface area (Å²) in [5.74, 6) is 0. The van der Waals surface area contributed by atoms with Crippen LogP contribution in [-0.2, 0) is 26.4 Å². The number of halogens is 1. The molecular weight excluding hydrogens is 322 g/mol. The molecule has 0 radical (unpaired) electrons. The lowest BCUT2D eigenvalue weighted by atomic mass is 10.0. The van der Waals surface area contributed by atoms with E-state index in [4.69, 9.17) is 11.6 Å². The van der Waals surface area contributed by atoms with Crippen molar-refractivity contribution in [1.82, 2.24) is 24.9 Å². The quantitative estimate of drug-likeness (QED) is 0.793. The Kier molecular flexibility index (Phi) is 4.12. The molecule has 24 heavy (non-hydrogen) atoms. The van der Waals surface area contributed by atoms with E-state index in [-0.39, 0.29) is 0 Å². The van der Waals surface area contributed by atoms with E-state index in [0.717, 1.165) is 48.8 Å². The van der Waals surface area contributed by atoms with Gasteiger partial charge in [0.2, 0.25) is 0 Å². The molecule has 0 saturated carbocycles. The molecule has 0 unspecified atom stereocenters. The highest BCUT2D eigenvalue weighted by Gasteiger charge is 2.22. The maximum absolute atomic E-state index is 6.00. The largest absolute Gasteiger partial charge is 0.298 e. The summed E-state index contributed by atoms with van der Waals surface area (Å²) in [4.78, 5) is 2.49. The minimum atomic E-state index is 0.751. The summed E-state index contributed by atoms with van der Waals surface area (Å²) in [6, 6.07) is 7.91. The summed E-state index contributed by atoms with van der Waals surface area (Å²) in [6.45, 7) is 3.04. The van der Waals surface area contributed by atoms with Gasteiger partial charge in [-0.15, -0.1) is 0 Å². The fourth-order valence-electron chi connectivity index (χ4n) is 3.28. The molecule has 6 heteroatoms. The summed E-state index contributed by atoms with van der Waals surface area (Å²) in [5, 5.41) is 12.8. The zero-order valence-electron chi connectivity index (χ0n) is 13.7. The third-order valence-corrected chi connectivity index (χ3v) is 4.86. The van der Waals surface area contributed by atoms with Gasteiger partial charge in [-0.3, -0.25) is 14.7 Å². The smallest absolute Gasteiger partial charge is 0.0968 e. The molecule has 4 rings (SSSR count). The minimum Gasteiger partial charge on any atom is -0.298 e. The number of rotatable bonds is 4. The molecule has 1 aromatic carbocycles. The van der Waals surface area contributed by atoms with Gasteiger partial charge in [0.1, 0.15) is 0 Å². The van der Waals surface area contributed by atoms with Crippen LogP contribution in [0.5, 0.6) is 0 Å². The standard InChI is InChI=1S/C18H20ClN5/c1-23-11-13(10-20-23)6-8-24-9-7-17-16(12-24)18(22-21-17)14-2-4-15(19)5-3-14/h2-5,10-11H,6-9,12H2,1H3,(H,21,22). The molecule has 0 saturated heterocycles. The molecule has 2 aromatic heterocycles. The third kappa shape index (κ3) is 3.09. The molecule has 3 heterocycles. The van der Waals surface area contributed by atoms with Crippen molar-refractivity contribution in [2.24, 2.45) is 7.05 Å². The van der Waals surface area contributed by atoms with Gasteiger partial charge in [0.05, 0.1) is 11.9 Å². The van der Waals surface area contributed by atoms with Crippen LogP contribution in [0.3, 0.4) is 0 Å². The van der Waals surface area contributed by atoms with Gasteiger partial charge in [0, 0.05) is 61.1 Å². The van der Waals surface area contributed by atoms with E-state index >= 15 is 0 Å². The van der Waals surface area contributed by atoms with Gasteiger partial charge >= 0.3 is 0 Å². The fourth-order valence-corrected chi connectivity index (χ4v) is 3.40. The topological polar surface area (TPSA) is 49.7 Å². The van der Waals surface area contributed by atoms with Crippen molar-refractivity contribution in [2.75, 3.05) is 13.1 Å². The highest BCUT2D eigenvalue weighted by molar-refractivity contribution is 6.30. The number of aromatic nitrogens is 4. The molecule has 1 N–H and O–H groups in total. The number of hydrogen-bond donors (Lipinski definition) is 1. The van der Waals surface area contributed by atoms with Crippen LogP contribution in [0.25, 0.3) is 11.3 Å². The highest BCUT2D eigenvalue weighted by atomic mass is 35.5. The third-order valence-electron chi connectivity index (χ3n) is 4.61. The van der Waals surface area contributed by atoms with Crippen molar-refractivity contribution < 1.29 is 0 Å². The second-order valence-corrected chi connectivity index (χ2v) is 6.77. The van der Waals surface area contributed by atoms with Crippen molar-refractivity contribution in [1.29, 1.82) is 0 Å². The lowest BCUT2D eigenvalue weighted by molar-refractivity contribution is 0.257. The Labute approximate surface area is 146 Å². The van der Waals surface area contributed by atoms with Gasteiger partial charge in [0.15, 0.2) is 0 Å². The fraction of sp³-hybridized carbons (Fsp3) is 0.333.